The lowest BCUT2D eigenvalue weighted by Gasteiger charge is -2.55. The lowest BCUT2D eigenvalue weighted by molar-refractivity contribution is -0.0881. The molecule has 1 aromatic carbocycles. The summed E-state index contributed by atoms with van der Waals surface area (Å²) >= 11 is 12.2. The van der Waals surface area contributed by atoms with Crippen molar-refractivity contribution in [2.45, 2.75) is 57.1 Å². The summed E-state index contributed by atoms with van der Waals surface area (Å²) in [5.74, 6) is 0.768. The van der Waals surface area contributed by atoms with Gasteiger partial charge in [0.2, 0.25) is 0 Å². The minimum absolute atomic E-state index is 0.270. The van der Waals surface area contributed by atoms with E-state index in [0.717, 1.165) is 12.2 Å². The summed E-state index contributed by atoms with van der Waals surface area (Å²) in [5.41, 5.74) is 0.286. The molecule has 3 rings (SSSR count). The molecule has 1 N–H and O–H groups in total. The largest absolute Gasteiger partial charge is 0.488 e. The molecule has 0 heterocycles. The average molecular weight is 328 g/mol. The smallest absolute Gasteiger partial charge is 0.138 e. The molecule has 21 heavy (non-hydrogen) atoms. The van der Waals surface area contributed by atoms with Crippen LogP contribution < -0.4 is 10.1 Å². The Hall–Kier alpha value is -0.440. The molecular weight excluding hydrogens is 305 g/mol. The highest BCUT2D eigenvalue weighted by Crippen LogP contribution is 2.52. The van der Waals surface area contributed by atoms with Crippen LogP contribution in [0, 0.1) is 5.41 Å². The number of rotatable bonds is 3. The van der Waals surface area contributed by atoms with Crippen LogP contribution in [0.4, 0.5) is 0 Å². The fraction of sp³-hybridized carbons (Fsp3) is 0.647. The van der Waals surface area contributed by atoms with Gasteiger partial charge in [0, 0.05) is 22.9 Å². The molecule has 0 saturated heterocycles. The SMILES string of the molecule is CNC1CC(Oc2ccc(Cl)cc2Cl)C12CCCCCC2. The minimum Gasteiger partial charge on any atom is -0.488 e. The molecule has 2 aliphatic rings. The monoisotopic (exact) mass is 327 g/mol. The maximum atomic E-state index is 6.29. The van der Waals surface area contributed by atoms with E-state index in [-0.39, 0.29) is 11.5 Å². The Balaban J connectivity index is 1.78. The van der Waals surface area contributed by atoms with Crippen LogP contribution in [-0.4, -0.2) is 19.2 Å². The van der Waals surface area contributed by atoms with Crippen LogP contribution in [0.15, 0.2) is 18.2 Å². The highest BCUT2D eigenvalue weighted by Gasteiger charge is 2.55. The van der Waals surface area contributed by atoms with E-state index < -0.39 is 0 Å². The van der Waals surface area contributed by atoms with Gasteiger partial charge in [0.15, 0.2) is 0 Å². The number of hydrogen-bond donors (Lipinski definition) is 1. The molecular formula is C17H23Cl2NO. The summed E-state index contributed by atoms with van der Waals surface area (Å²) in [5, 5.41) is 4.76. The third-order valence-electron chi connectivity index (χ3n) is 5.33. The van der Waals surface area contributed by atoms with Crippen LogP contribution in [0.5, 0.6) is 5.75 Å². The second kappa shape index (κ2) is 6.36. The van der Waals surface area contributed by atoms with Gasteiger partial charge < -0.3 is 10.1 Å². The first-order valence-corrected chi connectivity index (χ1v) is 8.70. The van der Waals surface area contributed by atoms with E-state index in [1.165, 1.54) is 38.5 Å². The molecule has 1 spiro atoms. The minimum atomic E-state index is 0.270. The first-order chi connectivity index (χ1) is 10.2. The van der Waals surface area contributed by atoms with Gasteiger partial charge in [0.1, 0.15) is 11.9 Å². The number of benzene rings is 1. The molecule has 2 nitrogen and oxygen atoms in total. The topological polar surface area (TPSA) is 21.3 Å². The lowest BCUT2D eigenvalue weighted by atomic mass is 9.58. The van der Waals surface area contributed by atoms with E-state index in [9.17, 15) is 0 Å². The quantitative estimate of drug-likeness (QED) is 0.836. The van der Waals surface area contributed by atoms with Gasteiger partial charge in [-0.3, -0.25) is 0 Å². The maximum Gasteiger partial charge on any atom is 0.138 e. The lowest BCUT2D eigenvalue weighted by Crippen LogP contribution is -2.64. The molecule has 2 aliphatic carbocycles. The number of ether oxygens (including phenoxy) is 1. The summed E-state index contributed by atoms with van der Waals surface area (Å²) in [6.45, 7) is 0. The normalized spacial score (nSPS) is 28.0. The van der Waals surface area contributed by atoms with E-state index >= 15 is 0 Å². The molecule has 2 atom stereocenters. The van der Waals surface area contributed by atoms with E-state index in [4.69, 9.17) is 27.9 Å². The molecule has 0 bridgehead atoms. The van der Waals surface area contributed by atoms with Crippen molar-refractivity contribution in [3.8, 4) is 5.75 Å². The zero-order valence-corrected chi connectivity index (χ0v) is 14.0. The van der Waals surface area contributed by atoms with Crippen molar-refractivity contribution in [2.75, 3.05) is 7.05 Å². The summed E-state index contributed by atoms with van der Waals surface area (Å²) in [4.78, 5) is 0. The van der Waals surface area contributed by atoms with E-state index in [1.54, 1.807) is 6.07 Å². The Kier molecular flexibility index (Phi) is 4.68. The number of halogens is 2. The van der Waals surface area contributed by atoms with Gasteiger partial charge >= 0.3 is 0 Å². The molecule has 0 aliphatic heterocycles. The van der Waals surface area contributed by atoms with Crippen molar-refractivity contribution in [1.82, 2.24) is 5.32 Å². The molecule has 2 fully saturated rings. The van der Waals surface area contributed by atoms with Crippen LogP contribution in [0.2, 0.25) is 10.0 Å². The van der Waals surface area contributed by atoms with Crippen molar-refractivity contribution in [2.24, 2.45) is 5.41 Å². The summed E-state index contributed by atoms with van der Waals surface area (Å²) < 4.78 is 6.29. The van der Waals surface area contributed by atoms with Crippen molar-refractivity contribution in [3.05, 3.63) is 28.2 Å². The fourth-order valence-corrected chi connectivity index (χ4v) is 4.55. The Bertz CT molecular complexity index is 498. The highest BCUT2D eigenvalue weighted by atomic mass is 35.5. The molecule has 1 aromatic rings. The van der Waals surface area contributed by atoms with Gasteiger partial charge in [-0.1, -0.05) is 48.9 Å². The van der Waals surface area contributed by atoms with Crippen molar-refractivity contribution in [1.29, 1.82) is 0 Å². The second-order valence-electron chi connectivity index (χ2n) is 6.41. The predicted octanol–water partition coefficient (Wildman–Crippen LogP) is 5.07. The van der Waals surface area contributed by atoms with Gasteiger partial charge in [-0.2, -0.15) is 0 Å². The zero-order valence-electron chi connectivity index (χ0n) is 12.5. The molecule has 0 amide bonds. The Morgan fingerprint density at radius 3 is 2.48 bits per heavy atom. The van der Waals surface area contributed by atoms with Crippen molar-refractivity contribution < 1.29 is 4.74 Å². The fourth-order valence-electron chi connectivity index (χ4n) is 4.10. The van der Waals surface area contributed by atoms with Crippen LogP contribution in [-0.2, 0) is 0 Å². The van der Waals surface area contributed by atoms with Gasteiger partial charge in [-0.25, -0.2) is 0 Å². The van der Waals surface area contributed by atoms with Gasteiger partial charge in [0.05, 0.1) is 5.02 Å². The van der Waals surface area contributed by atoms with Crippen molar-refractivity contribution >= 4 is 23.2 Å². The summed E-state index contributed by atoms with van der Waals surface area (Å²) in [7, 11) is 2.07. The Morgan fingerprint density at radius 1 is 1.14 bits per heavy atom. The standard InChI is InChI=1S/C17H23Cl2NO/c1-20-15-11-16(17(15)8-4-2-3-5-9-17)21-14-7-6-12(18)10-13(14)19/h6-7,10,15-16,20H,2-5,8-9,11H2,1H3. The molecule has 0 aromatic heterocycles. The average Bonchev–Trinajstić information content (AvgIpc) is 2.72. The first-order valence-electron chi connectivity index (χ1n) is 7.95. The van der Waals surface area contributed by atoms with Crippen LogP contribution in [0.1, 0.15) is 44.9 Å². The van der Waals surface area contributed by atoms with Crippen LogP contribution >= 0.6 is 23.2 Å². The second-order valence-corrected chi connectivity index (χ2v) is 7.25. The summed E-state index contributed by atoms with van der Waals surface area (Å²) in [6, 6.07) is 6.07. The zero-order chi connectivity index (χ0) is 14.9. The molecule has 4 heteroatoms. The maximum absolute atomic E-state index is 6.29. The third-order valence-corrected chi connectivity index (χ3v) is 5.86. The summed E-state index contributed by atoms with van der Waals surface area (Å²) in [6.07, 6.45) is 9.18. The Labute approximate surface area is 137 Å². The molecule has 0 radical (unpaired) electrons. The van der Waals surface area contributed by atoms with Gasteiger partial charge in [-0.15, -0.1) is 0 Å². The van der Waals surface area contributed by atoms with Gasteiger partial charge in [0.25, 0.3) is 0 Å². The molecule has 2 unspecified atom stereocenters. The van der Waals surface area contributed by atoms with E-state index in [1.807, 2.05) is 12.1 Å². The number of nitrogens with one attached hydrogen (secondary N) is 1. The first kappa shape index (κ1) is 15.5. The third kappa shape index (κ3) is 2.91. The van der Waals surface area contributed by atoms with E-state index in [2.05, 4.69) is 12.4 Å². The van der Waals surface area contributed by atoms with Crippen LogP contribution in [0.25, 0.3) is 0 Å². The van der Waals surface area contributed by atoms with Gasteiger partial charge in [-0.05, 0) is 38.1 Å². The van der Waals surface area contributed by atoms with Crippen LogP contribution in [0.3, 0.4) is 0 Å². The number of hydrogen-bond acceptors (Lipinski definition) is 2. The molecule has 116 valence electrons. The molecule has 2 saturated carbocycles. The Morgan fingerprint density at radius 2 is 1.86 bits per heavy atom. The van der Waals surface area contributed by atoms with Crippen molar-refractivity contribution in [3.63, 3.8) is 0 Å². The van der Waals surface area contributed by atoms with E-state index in [0.29, 0.717) is 16.1 Å². The highest BCUT2D eigenvalue weighted by molar-refractivity contribution is 6.35. The predicted molar refractivity (Wildman–Crippen MR) is 88.5 cm³/mol.